The first-order valence-electron chi connectivity index (χ1n) is 6.01. The fourth-order valence-corrected chi connectivity index (χ4v) is 2.82. The van der Waals surface area contributed by atoms with Crippen molar-refractivity contribution in [2.24, 2.45) is 5.92 Å². The summed E-state index contributed by atoms with van der Waals surface area (Å²) in [7, 11) is 1.73. The molecule has 2 atom stereocenters. The van der Waals surface area contributed by atoms with Crippen LogP contribution in [0.15, 0.2) is 18.2 Å². The van der Waals surface area contributed by atoms with E-state index in [0.29, 0.717) is 6.04 Å². The van der Waals surface area contributed by atoms with Gasteiger partial charge in [-0.25, -0.2) is 0 Å². The van der Waals surface area contributed by atoms with Gasteiger partial charge in [0.25, 0.3) is 0 Å². The number of fused-ring (bicyclic) bond motifs is 2. The van der Waals surface area contributed by atoms with E-state index in [-0.39, 0.29) is 0 Å². The highest BCUT2D eigenvalue weighted by atomic mass is 16.5. The first kappa shape index (κ1) is 9.97. The predicted molar refractivity (Wildman–Crippen MR) is 65.1 cm³/mol. The highest BCUT2D eigenvalue weighted by Gasteiger charge is 2.29. The lowest BCUT2D eigenvalue weighted by Crippen LogP contribution is -2.48. The number of rotatable bonds is 1. The van der Waals surface area contributed by atoms with Gasteiger partial charge in [0.05, 0.1) is 7.11 Å². The van der Waals surface area contributed by atoms with Crippen molar-refractivity contribution in [3.8, 4) is 5.75 Å². The molecule has 86 valence electrons. The number of benzene rings is 1. The van der Waals surface area contributed by atoms with Crippen molar-refractivity contribution in [3.05, 3.63) is 23.8 Å². The molecule has 0 aliphatic carbocycles. The van der Waals surface area contributed by atoms with Gasteiger partial charge in [0.15, 0.2) is 0 Å². The van der Waals surface area contributed by atoms with Crippen LogP contribution in [0.25, 0.3) is 0 Å². The smallest absolute Gasteiger partial charge is 0.119 e. The minimum Gasteiger partial charge on any atom is -0.497 e. The van der Waals surface area contributed by atoms with E-state index in [1.165, 1.54) is 24.1 Å². The molecule has 3 heteroatoms. The average molecular weight is 218 g/mol. The normalized spacial score (nSPS) is 27.6. The Bertz CT molecular complexity index is 392. The average Bonchev–Trinajstić information content (AvgIpc) is 2.35. The molecule has 2 unspecified atom stereocenters. The largest absolute Gasteiger partial charge is 0.497 e. The summed E-state index contributed by atoms with van der Waals surface area (Å²) >= 11 is 0. The van der Waals surface area contributed by atoms with Crippen LogP contribution in [0.2, 0.25) is 0 Å². The van der Waals surface area contributed by atoms with Gasteiger partial charge >= 0.3 is 0 Å². The van der Waals surface area contributed by atoms with Gasteiger partial charge in [0.2, 0.25) is 0 Å². The van der Waals surface area contributed by atoms with Gasteiger partial charge in [-0.15, -0.1) is 0 Å². The number of hydrogen-bond donors (Lipinski definition) is 2. The number of nitrogens with one attached hydrogen (secondary N) is 2. The molecule has 3 nitrogen and oxygen atoms in total. The fraction of sp³-hybridized carbons (Fsp3) is 0.538. The van der Waals surface area contributed by atoms with Crippen molar-refractivity contribution in [1.82, 2.24) is 5.32 Å². The van der Waals surface area contributed by atoms with Crippen LogP contribution in [-0.4, -0.2) is 26.2 Å². The van der Waals surface area contributed by atoms with Crippen LogP contribution in [0, 0.1) is 5.92 Å². The number of hydrogen-bond acceptors (Lipinski definition) is 3. The van der Waals surface area contributed by atoms with Gasteiger partial charge in [-0.2, -0.15) is 0 Å². The zero-order valence-corrected chi connectivity index (χ0v) is 9.62. The lowest BCUT2D eigenvalue weighted by molar-refractivity contribution is 0.330. The Labute approximate surface area is 96.2 Å². The molecule has 1 fully saturated rings. The maximum atomic E-state index is 5.28. The lowest BCUT2D eigenvalue weighted by Gasteiger charge is -2.38. The Morgan fingerprint density at radius 3 is 3.19 bits per heavy atom. The van der Waals surface area contributed by atoms with E-state index in [1.54, 1.807) is 7.11 Å². The molecule has 0 aromatic heterocycles. The van der Waals surface area contributed by atoms with Crippen molar-refractivity contribution < 1.29 is 4.74 Å². The summed E-state index contributed by atoms with van der Waals surface area (Å²) in [6.45, 7) is 2.25. The summed E-state index contributed by atoms with van der Waals surface area (Å²) in [5, 5.41) is 7.08. The number of ether oxygens (including phenoxy) is 1. The Balaban J connectivity index is 1.89. The van der Waals surface area contributed by atoms with E-state index in [4.69, 9.17) is 4.74 Å². The molecule has 1 aromatic rings. The Morgan fingerprint density at radius 1 is 1.38 bits per heavy atom. The van der Waals surface area contributed by atoms with Gasteiger partial charge in [-0.1, -0.05) is 0 Å². The Kier molecular flexibility index (Phi) is 2.48. The van der Waals surface area contributed by atoms with Gasteiger partial charge in [0.1, 0.15) is 5.75 Å². The Hall–Kier alpha value is -1.22. The van der Waals surface area contributed by atoms with Gasteiger partial charge in [-0.3, -0.25) is 0 Å². The third kappa shape index (κ3) is 1.65. The van der Waals surface area contributed by atoms with Crippen molar-refractivity contribution in [1.29, 1.82) is 0 Å². The topological polar surface area (TPSA) is 33.3 Å². The second kappa shape index (κ2) is 3.98. The molecule has 1 saturated heterocycles. The molecule has 2 aliphatic heterocycles. The first-order chi connectivity index (χ1) is 7.86. The third-order valence-corrected chi connectivity index (χ3v) is 3.76. The molecular weight excluding hydrogens is 200 g/mol. The summed E-state index contributed by atoms with van der Waals surface area (Å²) < 4.78 is 5.28. The molecule has 0 radical (unpaired) electrons. The first-order valence-corrected chi connectivity index (χ1v) is 6.01. The van der Waals surface area contributed by atoms with Gasteiger partial charge in [0, 0.05) is 18.3 Å². The van der Waals surface area contributed by atoms with Crippen molar-refractivity contribution in [3.63, 3.8) is 0 Å². The van der Waals surface area contributed by atoms with E-state index >= 15 is 0 Å². The van der Waals surface area contributed by atoms with Gasteiger partial charge < -0.3 is 15.4 Å². The third-order valence-electron chi connectivity index (χ3n) is 3.76. The molecule has 16 heavy (non-hydrogen) atoms. The minimum atomic E-state index is 0.606. The van der Waals surface area contributed by atoms with Crippen LogP contribution in [0.3, 0.4) is 0 Å². The van der Waals surface area contributed by atoms with Crippen LogP contribution in [0.5, 0.6) is 5.75 Å². The van der Waals surface area contributed by atoms with Crippen molar-refractivity contribution >= 4 is 5.69 Å². The second-order valence-corrected chi connectivity index (χ2v) is 4.73. The summed E-state index contributed by atoms with van der Waals surface area (Å²) in [6.07, 6.45) is 2.46. The zero-order chi connectivity index (χ0) is 11.0. The van der Waals surface area contributed by atoms with Crippen LogP contribution in [0.4, 0.5) is 5.69 Å². The molecule has 2 heterocycles. The molecule has 0 spiro atoms. The number of anilines is 1. The molecule has 2 aliphatic rings. The number of piperidine rings is 1. The highest BCUT2D eigenvalue weighted by Crippen LogP contribution is 2.33. The maximum absolute atomic E-state index is 5.28. The maximum Gasteiger partial charge on any atom is 0.119 e. The fourth-order valence-electron chi connectivity index (χ4n) is 2.82. The van der Waals surface area contributed by atoms with E-state index in [9.17, 15) is 0 Å². The van der Waals surface area contributed by atoms with Crippen LogP contribution in [-0.2, 0) is 6.42 Å². The molecule has 0 bridgehead atoms. The summed E-state index contributed by atoms with van der Waals surface area (Å²) in [4.78, 5) is 0. The summed E-state index contributed by atoms with van der Waals surface area (Å²) in [6, 6.07) is 6.94. The van der Waals surface area contributed by atoms with Crippen molar-refractivity contribution in [2.45, 2.75) is 18.9 Å². The molecule has 1 aromatic carbocycles. The van der Waals surface area contributed by atoms with Crippen molar-refractivity contribution in [2.75, 3.05) is 25.5 Å². The zero-order valence-electron chi connectivity index (χ0n) is 9.62. The van der Waals surface area contributed by atoms with E-state index in [2.05, 4.69) is 22.8 Å². The SMILES string of the molecule is COc1ccc2c(c1)CC1CCNCC1N2. The Morgan fingerprint density at radius 2 is 2.31 bits per heavy atom. The monoisotopic (exact) mass is 218 g/mol. The van der Waals surface area contributed by atoms with E-state index < -0.39 is 0 Å². The van der Waals surface area contributed by atoms with Crippen LogP contribution in [0.1, 0.15) is 12.0 Å². The molecule has 0 saturated carbocycles. The van der Waals surface area contributed by atoms with Crippen LogP contribution >= 0.6 is 0 Å². The second-order valence-electron chi connectivity index (χ2n) is 4.73. The minimum absolute atomic E-state index is 0.606. The summed E-state index contributed by atoms with van der Waals surface area (Å²) in [5.41, 5.74) is 2.69. The molecule has 0 amide bonds. The predicted octanol–water partition coefficient (Wildman–Crippen LogP) is 1.64. The number of methoxy groups -OCH3 is 1. The lowest BCUT2D eigenvalue weighted by atomic mass is 9.83. The van der Waals surface area contributed by atoms with Crippen LogP contribution < -0.4 is 15.4 Å². The molecule has 3 rings (SSSR count). The standard InChI is InChI=1S/C13H18N2O/c1-16-11-2-3-12-10(7-11)6-9-4-5-14-8-13(9)15-12/h2-3,7,9,13-15H,4-6,8H2,1H3. The molecular formula is C13H18N2O. The van der Waals surface area contributed by atoms with Gasteiger partial charge in [-0.05, 0) is 49.1 Å². The van der Waals surface area contributed by atoms with E-state index in [1.807, 2.05) is 6.07 Å². The highest BCUT2D eigenvalue weighted by molar-refractivity contribution is 5.57. The molecule has 2 N–H and O–H groups in total. The summed E-state index contributed by atoms with van der Waals surface area (Å²) in [5.74, 6) is 1.74. The van der Waals surface area contributed by atoms with E-state index in [0.717, 1.165) is 24.8 Å². The quantitative estimate of drug-likeness (QED) is 0.752.